The van der Waals surface area contributed by atoms with Crippen LogP contribution in [-0.4, -0.2) is 21.7 Å². The molecule has 0 aromatic heterocycles. The summed E-state index contributed by atoms with van der Waals surface area (Å²) in [6, 6.07) is 15.5. The molecule has 5 heteroatoms. The standard InChI is InChI=1S/C19H17N3O2/c1-13-9-16(10-14-5-3-2-4-6-14)19-20-18-11-17(22(23)24)8-7-15(18)12-21(13)19/h2-8,10-11,13H,9,12H2,1H3. The van der Waals surface area contributed by atoms with E-state index in [-0.39, 0.29) is 10.6 Å². The Labute approximate surface area is 140 Å². The van der Waals surface area contributed by atoms with Gasteiger partial charge in [0.1, 0.15) is 5.84 Å². The third kappa shape index (κ3) is 2.48. The Hall–Kier alpha value is -2.95. The lowest BCUT2D eigenvalue weighted by Crippen LogP contribution is -2.32. The Bertz CT molecular complexity index is 871. The van der Waals surface area contributed by atoms with E-state index in [2.05, 4.69) is 30.0 Å². The minimum atomic E-state index is -0.370. The first-order chi connectivity index (χ1) is 11.6. The van der Waals surface area contributed by atoms with Gasteiger partial charge >= 0.3 is 0 Å². The van der Waals surface area contributed by atoms with Gasteiger partial charge < -0.3 is 4.90 Å². The number of non-ortho nitro benzene ring substituents is 1. The number of nitrogens with zero attached hydrogens (tertiary/aromatic N) is 3. The maximum atomic E-state index is 11.0. The van der Waals surface area contributed by atoms with Crippen molar-refractivity contribution in [1.82, 2.24) is 4.90 Å². The zero-order chi connectivity index (χ0) is 16.7. The second kappa shape index (κ2) is 5.60. The fraction of sp³-hybridized carbons (Fsp3) is 0.211. The van der Waals surface area contributed by atoms with E-state index >= 15 is 0 Å². The number of hydrogen-bond donors (Lipinski definition) is 0. The van der Waals surface area contributed by atoms with E-state index in [4.69, 9.17) is 4.99 Å². The Balaban J connectivity index is 1.78. The molecule has 4 rings (SSSR count). The van der Waals surface area contributed by atoms with Crippen LogP contribution in [0.25, 0.3) is 6.08 Å². The first-order valence-electron chi connectivity index (χ1n) is 8.00. The molecule has 1 fully saturated rings. The van der Waals surface area contributed by atoms with Crippen LogP contribution < -0.4 is 0 Å². The topological polar surface area (TPSA) is 58.7 Å². The number of fused-ring (bicyclic) bond motifs is 2. The number of rotatable bonds is 2. The molecule has 0 aliphatic carbocycles. The summed E-state index contributed by atoms with van der Waals surface area (Å²) in [7, 11) is 0. The quantitative estimate of drug-likeness (QED) is 0.612. The van der Waals surface area contributed by atoms with Crippen molar-refractivity contribution in [3.8, 4) is 0 Å². The maximum Gasteiger partial charge on any atom is 0.271 e. The lowest BCUT2D eigenvalue weighted by molar-refractivity contribution is -0.384. The zero-order valence-corrected chi connectivity index (χ0v) is 13.3. The lowest BCUT2D eigenvalue weighted by Gasteiger charge is -2.28. The molecule has 2 heterocycles. The molecule has 0 saturated carbocycles. The summed E-state index contributed by atoms with van der Waals surface area (Å²) in [5, 5.41) is 11.0. The smallest absolute Gasteiger partial charge is 0.271 e. The van der Waals surface area contributed by atoms with E-state index in [1.165, 1.54) is 5.57 Å². The van der Waals surface area contributed by atoms with Gasteiger partial charge in [0.25, 0.3) is 5.69 Å². The van der Waals surface area contributed by atoms with Crippen molar-refractivity contribution in [3.05, 3.63) is 75.3 Å². The third-order valence-corrected chi connectivity index (χ3v) is 4.59. The van der Waals surface area contributed by atoms with Crippen molar-refractivity contribution in [2.75, 3.05) is 0 Å². The monoisotopic (exact) mass is 319 g/mol. The Morgan fingerprint density at radius 1 is 1.25 bits per heavy atom. The fourth-order valence-corrected chi connectivity index (χ4v) is 3.35. The number of hydrogen-bond acceptors (Lipinski definition) is 4. The van der Waals surface area contributed by atoms with Crippen molar-refractivity contribution in [3.63, 3.8) is 0 Å². The summed E-state index contributed by atoms with van der Waals surface area (Å²) in [6.45, 7) is 2.94. The molecular formula is C19H17N3O2. The van der Waals surface area contributed by atoms with Crippen molar-refractivity contribution in [2.24, 2.45) is 4.99 Å². The summed E-state index contributed by atoms with van der Waals surface area (Å²) in [6.07, 6.45) is 3.10. The normalized spacial score (nSPS) is 20.5. The Kier molecular flexibility index (Phi) is 3.41. The number of nitro groups is 1. The van der Waals surface area contributed by atoms with E-state index in [1.807, 2.05) is 24.3 Å². The van der Waals surface area contributed by atoms with Crippen LogP contribution >= 0.6 is 0 Å². The minimum Gasteiger partial charge on any atom is -0.349 e. The highest BCUT2D eigenvalue weighted by Gasteiger charge is 2.33. The van der Waals surface area contributed by atoms with Crippen LogP contribution in [0.2, 0.25) is 0 Å². The highest BCUT2D eigenvalue weighted by Crippen LogP contribution is 2.37. The average Bonchev–Trinajstić information content (AvgIpc) is 2.88. The second-order valence-corrected chi connectivity index (χ2v) is 6.27. The Morgan fingerprint density at radius 3 is 2.79 bits per heavy atom. The van der Waals surface area contributed by atoms with Crippen molar-refractivity contribution < 1.29 is 4.92 Å². The first kappa shape index (κ1) is 14.6. The summed E-state index contributed by atoms with van der Waals surface area (Å²) in [5.41, 5.74) is 4.17. The number of nitro benzene ring substituents is 1. The van der Waals surface area contributed by atoms with E-state index in [9.17, 15) is 10.1 Å². The summed E-state index contributed by atoms with van der Waals surface area (Å²) < 4.78 is 0. The van der Waals surface area contributed by atoms with E-state index in [1.54, 1.807) is 12.1 Å². The van der Waals surface area contributed by atoms with Gasteiger partial charge in [-0.05, 0) is 42.2 Å². The largest absolute Gasteiger partial charge is 0.349 e. The highest BCUT2D eigenvalue weighted by molar-refractivity contribution is 6.06. The fourth-order valence-electron chi connectivity index (χ4n) is 3.35. The molecule has 0 amide bonds. The molecule has 5 nitrogen and oxygen atoms in total. The van der Waals surface area contributed by atoms with Crippen LogP contribution in [0.1, 0.15) is 24.5 Å². The van der Waals surface area contributed by atoms with Crippen LogP contribution in [0.15, 0.2) is 59.1 Å². The molecule has 1 atom stereocenters. The molecular weight excluding hydrogens is 302 g/mol. The molecule has 120 valence electrons. The minimum absolute atomic E-state index is 0.0891. The molecule has 2 aromatic carbocycles. The van der Waals surface area contributed by atoms with Gasteiger partial charge in [0.05, 0.1) is 10.6 Å². The number of aliphatic imine (C=N–C) groups is 1. The van der Waals surface area contributed by atoms with Gasteiger partial charge in [0, 0.05) is 24.7 Å². The van der Waals surface area contributed by atoms with Gasteiger partial charge in [0.2, 0.25) is 0 Å². The van der Waals surface area contributed by atoms with Crippen LogP contribution in [0.3, 0.4) is 0 Å². The van der Waals surface area contributed by atoms with E-state index < -0.39 is 0 Å². The molecule has 2 aromatic rings. The molecule has 0 spiro atoms. The molecule has 0 radical (unpaired) electrons. The van der Waals surface area contributed by atoms with Gasteiger partial charge in [-0.15, -0.1) is 0 Å². The van der Waals surface area contributed by atoms with Crippen LogP contribution in [0.4, 0.5) is 11.4 Å². The van der Waals surface area contributed by atoms with Crippen molar-refractivity contribution in [1.29, 1.82) is 0 Å². The van der Waals surface area contributed by atoms with Gasteiger partial charge in [-0.3, -0.25) is 10.1 Å². The molecule has 24 heavy (non-hydrogen) atoms. The Morgan fingerprint density at radius 2 is 2.04 bits per heavy atom. The molecule has 1 saturated heterocycles. The van der Waals surface area contributed by atoms with E-state index in [0.717, 1.165) is 29.9 Å². The SMILES string of the molecule is CC1CC(=Cc2ccccc2)C2=Nc3cc([N+](=O)[O-])ccc3CN21. The number of amidine groups is 1. The van der Waals surface area contributed by atoms with Crippen molar-refractivity contribution >= 4 is 23.3 Å². The third-order valence-electron chi connectivity index (χ3n) is 4.59. The lowest BCUT2D eigenvalue weighted by atomic mass is 10.1. The van der Waals surface area contributed by atoms with Gasteiger partial charge in [-0.1, -0.05) is 30.3 Å². The summed E-state index contributed by atoms with van der Waals surface area (Å²) in [4.78, 5) is 17.7. The zero-order valence-electron chi connectivity index (χ0n) is 13.3. The molecule has 1 unspecified atom stereocenters. The predicted octanol–water partition coefficient (Wildman–Crippen LogP) is 4.32. The van der Waals surface area contributed by atoms with Crippen LogP contribution in [0, 0.1) is 10.1 Å². The van der Waals surface area contributed by atoms with Gasteiger partial charge in [-0.25, -0.2) is 4.99 Å². The molecule has 0 N–H and O–H groups in total. The van der Waals surface area contributed by atoms with Gasteiger partial charge in [0.15, 0.2) is 0 Å². The first-order valence-corrected chi connectivity index (χ1v) is 8.00. The molecule has 2 aliphatic rings. The summed E-state index contributed by atoms with van der Waals surface area (Å²) >= 11 is 0. The second-order valence-electron chi connectivity index (χ2n) is 6.27. The maximum absolute atomic E-state index is 11.0. The van der Waals surface area contributed by atoms with Gasteiger partial charge in [-0.2, -0.15) is 0 Å². The number of benzene rings is 2. The van der Waals surface area contributed by atoms with Crippen LogP contribution in [-0.2, 0) is 6.54 Å². The predicted molar refractivity (Wildman–Crippen MR) is 94.2 cm³/mol. The molecule has 2 aliphatic heterocycles. The van der Waals surface area contributed by atoms with Crippen LogP contribution in [0.5, 0.6) is 0 Å². The van der Waals surface area contributed by atoms with E-state index in [0.29, 0.717) is 11.7 Å². The highest BCUT2D eigenvalue weighted by atomic mass is 16.6. The summed E-state index contributed by atoms with van der Waals surface area (Å²) in [5.74, 6) is 0.944. The van der Waals surface area contributed by atoms with Crippen molar-refractivity contribution in [2.45, 2.75) is 25.9 Å². The molecule has 0 bridgehead atoms. The average molecular weight is 319 g/mol.